The van der Waals surface area contributed by atoms with Gasteiger partial charge in [0.1, 0.15) is 0 Å². The lowest BCUT2D eigenvalue weighted by Gasteiger charge is -2.24. The Labute approximate surface area is 91.4 Å². The molecule has 1 saturated carbocycles. The fourth-order valence-corrected chi connectivity index (χ4v) is 1.94. The quantitative estimate of drug-likeness (QED) is 0.662. The van der Waals surface area contributed by atoms with Crippen molar-refractivity contribution in [2.24, 2.45) is 0 Å². The molecule has 4 nitrogen and oxygen atoms in total. The number of carbonyl (C=O) groups is 1. The highest BCUT2D eigenvalue weighted by Gasteiger charge is 2.16. The van der Waals surface area contributed by atoms with Crippen molar-refractivity contribution in [3.8, 4) is 0 Å². The van der Waals surface area contributed by atoms with Crippen LogP contribution in [-0.4, -0.2) is 29.8 Å². The van der Waals surface area contributed by atoms with Crippen molar-refractivity contribution in [2.75, 3.05) is 6.61 Å². The summed E-state index contributed by atoms with van der Waals surface area (Å²) in [5.74, 6) is 0. The van der Waals surface area contributed by atoms with Gasteiger partial charge < -0.3 is 15.7 Å². The standard InChI is InChI=1S/C11H22N2O2/c1-2-9(8-14)12-11(15)13-10-6-4-3-5-7-10/h9-10,14H,2-8H2,1H3,(H2,12,13,15)/t9-/m1/s1. The van der Waals surface area contributed by atoms with Crippen LogP contribution < -0.4 is 10.6 Å². The molecular formula is C11H22N2O2. The number of hydrogen-bond donors (Lipinski definition) is 3. The first-order valence-electron chi connectivity index (χ1n) is 5.94. The Kier molecular flexibility index (Phi) is 5.47. The molecule has 0 unspecified atom stereocenters. The first-order valence-corrected chi connectivity index (χ1v) is 5.94. The van der Waals surface area contributed by atoms with Crippen molar-refractivity contribution in [1.29, 1.82) is 0 Å². The number of urea groups is 1. The third-order valence-electron chi connectivity index (χ3n) is 2.99. The summed E-state index contributed by atoms with van der Waals surface area (Å²) < 4.78 is 0. The van der Waals surface area contributed by atoms with Gasteiger partial charge in [0.2, 0.25) is 0 Å². The number of rotatable bonds is 4. The summed E-state index contributed by atoms with van der Waals surface area (Å²) in [6, 6.07) is 0.0753. The Hall–Kier alpha value is -0.770. The largest absolute Gasteiger partial charge is 0.394 e. The van der Waals surface area contributed by atoms with Crippen molar-refractivity contribution in [3.63, 3.8) is 0 Å². The summed E-state index contributed by atoms with van der Waals surface area (Å²) in [4.78, 5) is 11.5. The topological polar surface area (TPSA) is 61.4 Å². The normalized spacial score (nSPS) is 19.6. The van der Waals surface area contributed by atoms with Crippen LogP contribution in [0.3, 0.4) is 0 Å². The molecular weight excluding hydrogens is 192 g/mol. The van der Waals surface area contributed by atoms with E-state index >= 15 is 0 Å². The molecule has 88 valence electrons. The maximum atomic E-state index is 11.5. The molecule has 1 aliphatic rings. The maximum absolute atomic E-state index is 11.5. The second-order valence-corrected chi connectivity index (χ2v) is 4.24. The molecule has 0 heterocycles. The number of carbonyl (C=O) groups excluding carboxylic acids is 1. The highest BCUT2D eigenvalue weighted by atomic mass is 16.3. The molecule has 1 rings (SSSR count). The van der Waals surface area contributed by atoms with Crippen LogP contribution in [0, 0.1) is 0 Å². The highest BCUT2D eigenvalue weighted by Crippen LogP contribution is 2.17. The van der Waals surface area contributed by atoms with Gasteiger partial charge in [0.15, 0.2) is 0 Å². The Balaban J connectivity index is 2.21. The minimum absolute atomic E-state index is 0.00852. The zero-order valence-electron chi connectivity index (χ0n) is 9.46. The Morgan fingerprint density at radius 2 is 2.07 bits per heavy atom. The highest BCUT2D eigenvalue weighted by molar-refractivity contribution is 5.74. The summed E-state index contributed by atoms with van der Waals surface area (Å²) in [6.45, 7) is 1.95. The van der Waals surface area contributed by atoms with Gasteiger partial charge >= 0.3 is 6.03 Å². The van der Waals surface area contributed by atoms with Crippen LogP contribution in [0.2, 0.25) is 0 Å². The van der Waals surface area contributed by atoms with E-state index in [-0.39, 0.29) is 18.7 Å². The van der Waals surface area contributed by atoms with E-state index in [0.717, 1.165) is 19.3 Å². The molecule has 0 spiro atoms. The van der Waals surface area contributed by atoms with Crippen LogP contribution in [0.1, 0.15) is 45.4 Å². The van der Waals surface area contributed by atoms with Crippen LogP contribution in [0.5, 0.6) is 0 Å². The van der Waals surface area contributed by atoms with Crippen molar-refractivity contribution >= 4 is 6.03 Å². The van der Waals surface area contributed by atoms with E-state index in [9.17, 15) is 4.79 Å². The predicted octanol–water partition coefficient (Wildman–Crippen LogP) is 1.39. The van der Waals surface area contributed by atoms with Gasteiger partial charge in [-0.25, -0.2) is 4.79 Å². The summed E-state index contributed by atoms with van der Waals surface area (Å²) >= 11 is 0. The molecule has 1 atom stereocenters. The average Bonchev–Trinajstić information content (AvgIpc) is 2.27. The van der Waals surface area contributed by atoms with Crippen LogP contribution in [0.25, 0.3) is 0 Å². The Morgan fingerprint density at radius 1 is 1.40 bits per heavy atom. The van der Waals surface area contributed by atoms with Crippen LogP contribution >= 0.6 is 0 Å². The van der Waals surface area contributed by atoms with Crippen molar-refractivity contribution in [2.45, 2.75) is 57.5 Å². The van der Waals surface area contributed by atoms with Gasteiger partial charge in [-0.2, -0.15) is 0 Å². The van der Waals surface area contributed by atoms with Gasteiger partial charge in [0.05, 0.1) is 12.6 Å². The number of aliphatic hydroxyl groups excluding tert-OH is 1. The number of hydrogen-bond acceptors (Lipinski definition) is 2. The zero-order valence-corrected chi connectivity index (χ0v) is 9.46. The lowest BCUT2D eigenvalue weighted by atomic mass is 9.96. The average molecular weight is 214 g/mol. The van der Waals surface area contributed by atoms with Crippen molar-refractivity contribution in [1.82, 2.24) is 10.6 Å². The molecule has 1 fully saturated rings. The first kappa shape index (κ1) is 12.3. The summed E-state index contributed by atoms with van der Waals surface area (Å²) in [7, 11) is 0. The zero-order chi connectivity index (χ0) is 11.1. The smallest absolute Gasteiger partial charge is 0.315 e. The van der Waals surface area contributed by atoms with Gasteiger partial charge in [-0.1, -0.05) is 26.2 Å². The third kappa shape index (κ3) is 4.51. The molecule has 1 aliphatic carbocycles. The molecule has 4 heteroatoms. The van der Waals surface area contributed by atoms with E-state index in [1.807, 2.05) is 6.92 Å². The van der Waals surface area contributed by atoms with Crippen LogP contribution in [0.15, 0.2) is 0 Å². The van der Waals surface area contributed by atoms with Gasteiger partial charge in [-0.05, 0) is 19.3 Å². The van der Waals surface area contributed by atoms with Crippen molar-refractivity contribution < 1.29 is 9.90 Å². The van der Waals surface area contributed by atoms with E-state index in [2.05, 4.69) is 10.6 Å². The van der Waals surface area contributed by atoms with Gasteiger partial charge in [-0.15, -0.1) is 0 Å². The van der Waals surface area contributed by atoms with E-state index in [1.54, 1.807) is 0 Å². The molecule has 0 saturated heterocycles. The Bertz CT molecular complexity index is 187. The molecule has 0 aromatic carbocycles. The van der Waals surface area contributed by atoms with Gasteiger partial charge in [0, 0.05) is 6.04 Å². The molecule has 0 aromatic rings. The van der Waals surface area contributed by atoms with Crippen LogP contribution in [-0.2, 0) is 0 Å². The summed E-state index contributed by atoms with van der Waals surface area (Å²) in [6.07, 6.45) is 6.64. The number of aliphatic hydroxyl groups is 1. The van der Waals surface area contributed by atoms with E-state index in [4.69, 9.17) is 5.11 Å². The SMILES string of the molecule is CC[C@H](CO)NC(=O)NC1CCCCC1. The Morgan fingerprint density at radius 3 is 2.60 bits per heavy atom. The molecule has 15 heavy (non-hydrogen) atoms. The van der Waals surface area contributed by atoms with E-state index < -0.39 is 0 Å². The van der Waals surface area contributed by atoms with Crippen LogP contribution in [0.4, 0.5) is 4.79 Å². The first-order chi connectivity index (χ1) is 7.26. The minimum Gasteiger partial charge on any atom is -0.394 e. The maximum Gasteiger partial charge on any atom is 0.315 e. The molecule has 3 N–H and O–H groups in total. The van der Waals surface area contributed by atoms with Gasteiger partial charge in [0.25, 0.3) is 0 Å². The van der Waals surface area contributed by atoms with E-state index in [1.165, 1.54) is 19.3 Å². The third-order valence-corrected chi connectivity index (χ3v) is 2.99. The fraction of sp³-hybridized carbons (Fsp3) is 0.909. The van der Waals surface area contributed by atoms with Crippen molar-refractivity contribution in [3.05, 3.63) is 0 Å². The second kappa shape index (κ2) is 6.67. The molecule has 0 bridgehead atoms. The number of amides is 2. The fourth-order valence-electron chi connectivity index (χ4n) is 1.94. The molecule has 0 radical (unpaired) electrons. The summed E-state index contributed by atoms with van der Waals surface area (Å²) in [5, 5.41) is 14.7. The monoisotopic (exact) mass is 214 g/mol. The molecule has 0 aliphatic heterocycles. The van der Waals surface area contributed by atoms with Gasteiger partial charge in [-0.3, -0.25) is 0 Å². The van der Waals surface area contributed by atoms with E-state index in [0.29, 0.717) is 6.04 Å². The predicted molar refractivity (Wildman–Crippen MR) is 59.7 cm³/mol. The number of nitrogens with one attached hydrogen (secondary N) is 2. The lowest BCUT2D eigenvalue weighted by molar-refractivity contribution is 0.209. The molecule has 2 amide bonds. The summed E-state index contributed by atoms with van der Waals surface area (Å²) in [5.41, 5.74) is 0. The molecule has 0 aromatic heterocycles. The lowest BCUT2D eigenvalue weighted by Crippen LogP contribution is -2.47. The minimum atomic E-state index is -0.136. The second-order valence-electron chi connectivity index (χ2n) is 4.24.